The number of rotatable bonds is 5. The van der Waals surface area contributed by atoms with Gasteiger partial charge < -0.3 is 14.8 Å². The zero-order valence-electron chi connectivity index (χ0n) is 14.2. The highest BCUT2D eigenvalue weighted by molar-refractivity contribution is 7.15. The zero-order valence-corrected chi connectivity index (χ0v) is 15.0. The van der Waals surface area contributed by atoms with Crippen LogP contribution in [-0.2, 0) is 9.47 Å². The molecule has 2 aliphatic rings. The highest BCUT2D eigenvalue weighted by Gasteiger charge is 2.42. The minimum atomic E-state index is -4.53. The van der Waals surface area contributed by atoms with Crippen LogP contribution in [-0.4, -0.2) is 49.2 Å². The monoisotopic (exact) mass is 393 g/mol. The van der Waals surface area contributed by atoms with Crippen LogP contribution in [0, 0.1) is 0 Å². The van der Waals surface area contributed by atoms with Crippen molar-refractivity contribution in [3.05, 3.63) is 11.1 Å². The summed E-state index contributed by atoms with van der Waals surface area (Å²) in [5, 5.41) is 4.72. The number of amides is 2. The molecule has 146 valence electrons. The van der Waals surface area contributed by atoms with Crippen LogP contribution in [0.5, 0.6) is 0 Å². The van der Waals surface area contributed by atoms with E-state index in [1.807, 2.05) is 5.32 Å². The van der Waals surface area contributed by atoms with Crippen molar-refractivity contribution in [2.75, 3.05) is 25.1 Å². The Kier molecular flexibility index (Phi) is 6.36. The Morgan fingerprint density at radius 2 is 2.08 bits per heavy atom. The van der Waals surface area contributed by atoms with Gasteiger partial charge in [0.1, 0.15) is 6.04 Å². The van der Waals surface area contributed by atoms with Crippen molar-refractivity contribution in [3.63, 3.8) is 0 Å². The van der Waals surface area contributed by atoms with Crippen LogP contribution in [0.2, 0.25) is 0 Å². The lowest BCUT2D eigenvalue weighted by Crippen LogP contribution is -2.48. The summed E-state index contributed by atoms with van der Waals surface area (Å²) in [6.45, 7) is 1.83. The van der Waals surface area contributed by atoms with Crippen LogP contribution in [0.1, 0.15) is 42.9 Å². The molecule has 0 radical (unpaired) electrons. The Hall–Kier alpha value is -1.39. The molecule has 0 aliphatic carbocycles. The van der Waals surface area contributed by atoms with E-state index in [1.54, 1.807) is 6.20 Å². The molecule has 0 saturated carbocycles. The molecule has 10 heteroatoms. The fraction of sp³-hybridized carbons (Fsp3) is 0.750. The van der Waals surface area contributed by atoms with Crippen LogP contribution in [0.25, 0.3) is 0 Å². The first-order valence-corrected chi connectivity index (χ1v) is 9.53. The number of carbonyl (C=O) groups is 1. The van der Waals surface area contributed by atoms with Crippen molar-refractivity contribution >= 4 is 22.5 Å². The molecule has 2 fully saturated rings. The SMILES string of the molecule is O=C(Nc1ncc(C2CCOCC2)s1)NC(CC1CCCO1)C(F)(F)F. The molecule has 2 unspecified atom stereocenters. The Morgan fingerprint density at radius 1 is 1.31 bits per heavy atom. The number of halogens is 3. The topological polar surface area (TPSA) is 72.5 Å². The Balaban J connectivity index is 1.55. The molecule has 0 spiro atoms. The van der Waals surface area contributed by atoms with Gasteiger partial charge in [-0.1, -0.05) is 0 Å². The van der Waals surface area contributed by atoms with Crippen LogP contribution in [0.4, 0.5) is 23.1 Å². The van der Waals surface area contributed by atoms with E-state index in [-0.39, 0.29) is 6.42 Å². The molecule has 3 heterocycles. The molecule has 3 rings (SSSR count). The van der Waals surface area contributed by atoms with Gasteiger partial charge in [-0.3, -0.25) is 5.32 Å². The molecular formula is C16H22F3N3O3S. The molecule has 1 aromatic heterocycles. The normalized spacial score (nSPS) is 23.0. The van der Waals surface area contributed by atoms with Crippen molar-refractivity contribution in [2.45, 2.75) is 56.3 Å². The Labute approximate surface area is 153 Å². The molecule has 26 heavy (non-hydrogen) atoms. The van der Waals surface area contributed by atoms with Gasteiger partial charge in [0.05, 0.1) is 6.10 Å². The van der Waals surface area contributed by atoms with Crippen LogP contribution < -0.4 is 10.6 Å². The average Bonchev–Trinajstić information content (AvgIpc) is 3.26. The van der Waals surface area contributed by atoms with Gasteiger partial charge in [-0.15, -0.1) is 11.3 Å². The van der Waals surface area contributed by atoms with E-state index >= 15 is 0 Å². The summed E-state index contributed by atoms with van der Waals surface area (Å²) in [5.74, 6) is 0.322. The largest absolute Gasteiger partial charge is 0.408 e. The van der Waals surface area contributed by atoms with Gasteiger partial charge >= 0.3 is 12.2 Å². The predicted octanol–water partition coefficient (Wildman–Crippen LogP) is 3.66. The summed E-state index contributed by atoms with van der Waals surface area (Å²) >= 11 is 1.29. The van der Waals surface area contributed by atoms with Gasteiger partial charge in [0.25, 0.3) is 0 Å². The number of nitrogens with zero attached hydrogens (tertiary/aromatic N) is 1. The molecule has 6 nitrogen and oxygen atoms in total. The summed E-state index contributed by atoms with van der Waals surface area (Å²) < 4.78 is 50.2. The third-order valence-electron chi connectivity index (χ3n) is 4.59. The highest BCUT2D eigenvalue weighted by atomic mass is 32.1. The average molecular weight is 393 g/mol. The van der Waals surface area contributed by atoms with Crippen molar-refractivity contribution in [1.29, 1.82) is 0 Å². The summed E-state index contributed by atoms with van der Waals surface area (Å²) in [6, 6.07) is -2.85. The first kappa shape index (κ1) is 19.4. The number of hydrogen-bond donors (Lipinski definition) is 2. The van der Waals surface area contributed by atoms with E-state index in [9.17, 15) is 18.0 Å². The third kappa shape index (κ3) is 5.31. The number of anilines is 1. The van der Waals surface area contributed by atoms with E-state index < -0.39 is 24.4 Å². The van der Waals surface area contributed by atoms with Gasteiger partial charge in [-0.25, -0.2) is 9.78 Å². The van der Waals surface area contributed by atoms with Gasteiger partial charge in [0, 0.05) is 37.3 Å². The molecular weight excluding hydrogens is 371 g/mol. The van der Waals surface area contributed by atoms with Crippen molar-refractivity contribution < 1.29 is 27.4 Å². The summed E-state index contributed by atoms with van der Waals surface area (Å²) in [7, 11) is 0. The lowest BCUT2D eigenvalue weighted by molar-refractivity contribution is -0.159. The maximum absolute atomic E-state index is 13.2. The van der Waals surface area contributed by atoms with E-state index in [0.29, 0.717) is 37.3 Å². The fourth-order valence-corrected chi connectivity index (χ4v) is 4.15. The van der Waals surface area contributed by atoms with Crippen LogP contribution >= 0.6 is 11.3 Å². The number of aromatic nitrogens is 1. The number of thiazole rings is 1. The molecule has 0 bridgehead atoms. The molecule has 2 aliphatic heterocycles. The third-order valence-corrected chi connectivity index (χ3v) is 5.67. The second kappa shape index (κ2) is 8.53. The fourth-order valence-electron chi connectivity index (χ4n) is 3.17. The van der Waals surface area contributed by atoms with E-state index in [2.05, 4.69) is 10.3 Å². The predicted molar refractivity (Wildman–Crippen MR) is 90.5 cm³/mol. The second-order valence-electron chi connectivity index (χ2n) is 6.52. The quantitative estimate of drug-likeness (QED) is 0.801. The van der Waals surface area contributed by atoms with Gasteiger partial charge in [0.15, 0.2) is 5.13 Å². The smallest absolute Gasteiger partial charge is 0.381 e. The summed E-state index contributed by atoms with van der Waals surface area (Å²) in [6.07, 6.45) is -0.518. The van der Waals surface area contributed by atoms with Crippen molar-refractivity contribution in [2.24, 2.45) is 0 Å². The van der Waals surface area contributed by atoms with Gasteiger partial charge in [-0.05, 0) is 31.6 Å². The maximum Gasteiger partial charge on any atom is 0.408 e. The highest BCUT2D eigenvalue weighted by Crippen LogP contribution is 2.33. The Morgan fingerprint density at radius 3 is 2.73 bits per heavy atom. The van der Waals surface area contributed by atoms with Crippen molar-refractivity contribution in [3.8, 4) is 0 Å². The first-order valence-electron chi connectivity index (χ1n) is 8.71. The standard InChI is InChI=1S/C16H22F3N3O3S/c17-16(18,19)13(8-11-2-1-5-25-11)21-14(23)22-15-20-9-12(26-15)10-3-6-24-7-4-10/h9-11,13H,1-8H2,(H2,20,21,22,23). The minimum Gasteiger partial charge on any atom is -0.381 e. The number of alkyl halides is 3. The van der Waals surface area contributed by atoms with E-state index in [4.69, 9.17) is 9.47 Å². The number of nitrogens with one attached hydrogen (secondary N) is 2. The van der Waals surface area contributed by atoms with Crippen LogP contribution in [0.3, 0.4) is 0 Å². The number of hydrogen-bond acceptors (Lipinski definition) is 5. The lowest BCUT2D eigenvalue weighted by atomic mass is 9.99. The zero-order chi connectivity index (χ0) is 18.6. The first-order chi connectivity index (χ1) is 12.4. The molecule has 2 N–H and O–H groups in total. The Bertz CT molecular complexity index is 599. The minimum absolute atomic E-state index is 0.276. The molecule has 2 atom stereocenters. The molecule has 2 saturated heterocycles. The van der Waals surface area contributed by atoms with E-state index in [1.165, 1.54) is 11.3 Å². The van der Waals surface area contributed by atoms with Gasteiger partial charge in [0.2, 0.25) is 0 Å². The van der Waals surface area contributed by atoms with Crippen molar-refractivity contribution in [1.82, 2.24) is 10.3 Å². The number of ether oxygens (including phenoxy) is 2. The second-order valence-corrected chi connectivity index (χ2v) is 7.58. The molecule has 1 aromatic rings. The van der Waals surface area contributed by atoms with Crippen LogP contribution in [0.15, 0.2) is 6.20 Å². The lowest BCUT2D eigenvalue weighted by Gasteiger charge is -2.24. The molecule has 2 amide bonds. The summed E-state index contributed by atoms with van der Waals surface area (Å²) in [4.78, 5) is 17.1. The number of urea groups is 1. The number of carbonyl (C=O) groups excluding carboxylic acids is 1. The summed E-state index contributed by atoms with van der Waals surface area (Å²) in [5.41, 5.74) is 0. The molecule has 0 aromatic carbocycles. The van der Waals surface area contributed by atoms with Gasteiger partial charge in [-0.2, -0.15) is 13.2 Å². The van der Waals surface area contributed by atoms with E-state index in [0.717, 1.165) is 24.1 Å². The maximum atomic E-state index is 13.2.